The molecule has 0 saturated carbocycles. The summed E-state index contributed by atoms with van der Waals surface area (Å²) in [7, 11) is 1.93. The lowest BCUT2D eigenvalue weighted by Crippen LogP contribution is -2.42. The quantitative estimate of drug-likeness (QED) is 0.920. The molecular weight excluding hydrogens is 266 g/mol. The van der Waals surface area contributed by atoms with Crippen molar-refractivity contribution in [3.8, 4) is 0 Å². The van der Waals surface area contributed by atoms with Gasteiger partial charge in [-0.15, -0.1) is 0 Å². The van der Waals surface area contributed by atoms with Gasteiger partial charge in [0.25, 0.3) is 0 Å². The Balaban J connectivity index is 1.99. The lowest BCUT2D eigenvalue weighted by Gasteiger charge is -2.28. The number of aromatic nitrogens is 2. The van der Waals surface area contributed by atoms with Crippen molar-refractivity contribution in [1.29, 1.82) is 0 Å². The third kappa shape index (κ3) is 3.64. The fourth-order valence-electron chi connectivity index (χ4n) is 3.25. The summed E-state index contributed by atoms with van der Waals surface area (Å²) in [6.07, 6.45) is 5.47. The molecule has 1 aromatic rings. The molecule has 0 aliphatic carbocycles. The normalized spacial score (nSPS) is 19.6. The molecule has 0 aromatic carbocycles. The minimum atomic E-state index is 0.0103. The van der Waals surface area contributed by atoms with E-state index in [0.717, 1.165) is 50.0 Å². The molecule has 1 aromatic heterocycles. The monoisotopic (exact) mass is 293 g/mol. The molecule has 0 bridgehead atoms. The summed E-state index contributed by atoms with van der Waals surface area (Å²) in [6, 6.07) is 0.0103. The third-order valence-corrected chi connectivity index (χ3v) is 4.66. The van der Waals surface area contributed by atoms with Crippen molar-refractivity contribution in [3.05, 3.63) is 17.0 Å². The van der Waals surface area contributed by atoms with Gasteiger partial charge in [-0.05, 0) is 38.7 Å². The minimum Gasteiger partial charge on any atom is -0.394 e. The van der Waals surface area contributed by atoms with Crippen LogP contribution in [-0.4, -0.2) is 44.9 Å². The van der Waals surface area contributed by atoms with Crippen LogP contribution in [0.4, 0.5) is 0 Å². The molecule has 2 rings (SSSR count). The van der Waals surface area contributed by atoms with Crippen molar-refractivity contribution in [2.45, 2.75) is 58.4 Å². The maximum Gasteiger partial charge on any atom is 0.223 e. The smallest absolute Gasteiger partial charge is 0.223 e. The van der Waals surface area contributed by atoms with Crippen LogP contribution < -0.4 is 0 Å². The Labute approximate surface area is 126 Å². The first kappa shape index (κ1) is 16.0. The number of hydrogen-bond donors (Lipinski definition) is 1. The van der Waals surface area contributed by atoms with Crippen molar-refractivity contribution in [3.63, 3.8) is 0 Å². The van der Waals surface area contributed by atoms with Gasteiger partial charge in [0.15, 0.2) is 0 Å². The lowest BCUT2D eigenvalue weighted by molar-refractivity contribution is -0.134. The number of rotatable bonds is 4. The summed E-state index contributed by atoms with van der Waals surface area (Å²) < 4.78 is 1.87. The third-order valence-electron chi connectivity index (χ3n) is 4.66. The van der Waals surface area contributed by atoms with E-state index in [1.807, 2.05) is 30.5 Å². The van der Waals surface area contributed by atoms with Crippen molar-refractivity contribution in [2.75, 3.05) is 13.2 Å². The molecule has 5 nitrogen and oxygen atoms in total. The Hall–Kier alpha value is -1.36. The molecular formula is C16H27N3O2. The van der Waals surface area contributed by atoms with Crippen LogP contribution in [0.1, 0.15) is 49.1 Å². The zero-order chi connectivity index (χ0) is 15.4. The second-order valence-electron chi connectivity index (χ2n) is 6.05. The number of nitrogens with zero attached hydrogens (tertiary/aromatic N) is 3. The number of aliphatic hydroxyl groups excluding tert-OH is 1. The highest BCUT2D eigenvalue weighted by molar-refractivity contribution is 5.77. The molecule has 0 spiro atoms. The summed E-state index contributed by atoms with van der Waals surface area (Å²) in [5, 5.41) is 13.9. The van der Waals surface area contributed by atoms with E-state index in [2.05, 4.69) is 5.10 Å². The van der Waals surface area contributed by atoms with E-state index in [0.29, 0.717) is 6.42 Å². The highest BCUT2D eigenvalue weighted by atomic mass is 16.3. The predicted octanol–water partition coefficient (Wildman–Crippen LogP) is 1.73. The van der Waals surface area contributed by atoms with Crippen molar-refractivity contribution in [2.24, 2.45) is 7.05 Å². The molecule has 1 aliphatic rings. The van der Waals surface area contributed by atoms with E-state index in [1.54, 1.807) is 0 Å². The number of aliphatic hydroxyl groups is 1. The summed E-state index contributed by atoms with van der Waals surface area (Å²) in [6.45, 7) is 4.91. The number of carbonyl (C=O) groups excluding carboxylic acids is 1. The summed E-state index contributed by atoms with van der Waals surface area (Å²) in [5.74, 6) is 0.165. The molecule has 1 aliphatic heterocycles. The van der Waals surface area contributed by atoms with E-state index in [-0.39, 0.29) is 18.6 Å². The standard InChI is InChI=1S/C16H27N3O2/c1-12-15(13(2)18(3)17-12)8-9-16(21)19-10-6-4-5-7-14(19)11-20/h14,20H,4-11H2,1-3H3. The molecule has 1 amide bonds. The highest BCUT2D eigenvalue weighted by Gasteiger charge is 2.24. The molecule has 1 N–H and O–H groups in total. The average Bonchev–Trinajstić information content (AvgIpc) is 2.65. The number of amides is 1. The zero-order valence-electron chi connectivity index (χ0n) is 13.4. The number of carbonyl (C=O) groups is 1. The van der Waals surface area contributed by atoms with E-state index in [4.69, 9.17) is 0 Å². The molecule has 1 atom stereocenters. The van der Waals surface area contributed by atoms with Gasteiger partial charge in [-0.3, -0.25) is 9.48 Å². The van der Waals surface area contributed by atoms with Gasteiger partial charge in [0.1, 0.15) is 0 Å². The molecule has 21 heavy (non-hydrogen) atoms. The van der Waals surface area contributed by atoms with Gasteiger partial charge in [0.05, 0.1) is 18.3 Å². The van der Waals surface area contributed by atoms with Gasteiger partial charge in [-0.25, -0.2) is 0 Å². The SMILES string of the molecule is Cc1nn(C)c(C)c1CCC(=O)N1CCCCCC1CO. The molecule has 1 fully saturated rings. The van der Waals surface area contributed by atoms with Gasteiger partial charge in [-0.2, -0.15) is 5.10 Å². The van der Waals surface area contributed by atoms with E-state index >= 15 is 0 Å². The first-order valence-electron chi connectivity index (χ1n) is 7.94. The van der Waals surface area contributed by atoms with Crippen LogP contribution in [0.2, 0.25) is 0 Å². The maximum atomic E-state index is 12.5. The second-order valence-corrected chi connectivity index (χ2v) is 6.05. The Morgan fingerprint density at radius 1 is 1.33 bits per heavy atom. The number of likely N-dealkylation sites (tertiary alicyclic amines) is 1. The van der Waals surface area contributed by atoms with Gasteiger partial charge >= 0.3 is 0 Å². The van der Waals surface area contributed by atoms with Crippen LogP contribution in [-0.2, 0) is 18.3 Å². The topological polar surface area (TPSA) is 58.4 Å². The Kier molecular flexibility index (Phi) is 5.39. The first-order valence-corrected chi connectivity index (χ1v) is 7.94. The molecule has 118 valence electrons. The fraction of sp³-hybridized carbons (Fsp3) is 0.750. The number of hydrogen-bond acceptors (Lipinski definition) is 3. The Morgan fingerprint density at radius 3 is 2.71 bits per heavy atom. The first-order chi connectivity index (χ1) is 10.0. The van der Waals surface area contributed by atoms with Gasteiger partial charge in [-0.1, -0.05) is 12.8 Å². The largest absolute Gasteiger partial charge is 0.394 e. The van der Waals surface area contributed by atoms with Crippen LogP contribution in [0.5, 0.6) is 0 Å². The summed E-state index contributed by atoms with van der Waals surface area (Å²) in [4.78, 5) is 14.4. The van der Waals surface area contributed by atoms with Crippen LogP contribution in [0.3, 0.4) is 0 Å². The van der Waals surface area contributed by atoms with Gasteiger partial charge in [0.2, 0.25) is 5.91 Å². The summed E-state index contributed by atoms with van der Waals surface area (Å²) in [5.41, 5.74) is 3.33. The lowest BCUT2D eigenvalue weighted by atomic mass is 10.1. The van der Waals surface area contributed by atoms with Gasteiger partial charge in [0, 0.05) is 25.7 Å². The van der Waals surface area contributed by atoms with Crippen LogP contribution in [0, 0.1) is 13.8 Å². The van der Waals surface area contributed by atoms with E-state index < -0.39 is 0 Å². The van der Waals surface area contributed by atoms with E-state index in [9.17, 15) is 9.90 Å². The van der Waals surface area contributed by atoms with Crippen molar-refractivity contribution in [1.82, 2.24) is 14.7 Å². The van der Waals surface area contributed by atoms with Crippen molar-refractivity contribution < 1.29 is 9.90 Å². The van der Waals surface area contributed by atoms with E-state index in [1.165, 1.54) is 5.56 Å². The zero-order valence-corrected chi connectivity index (χ0v) is 13.4. The predicted molar refractivity (Wildman–Crippen MR) is 82.1 cm³/mol. The Bertz CT molecular complexity index is 496. The molecule has 1 saturated heterocycles. The van der Waals surface area contributed by atoms with Crippen molar-refractivity contribution >= 4 is 5.91 Å². The molecule has 2 heterocycles. The van der Waals surface area contributed by atoms with Crippen LogP contribution in [0.15, 0.2) is 0 Å². The summed E-state index contributed by atoms with van der Waals surface area (Å²) >= 11 is 0. The van der Waals surface area contributed by atoms with Crippen LogP contribution >= 0.6 is 0 Å². The van der Waals surface area contributed by atoms with Gasteiger partial charge < -0.3 is 10.0 Å². The number of aryl methyl sites for hydroxylation is 2. The second kappa shape index (κ2) is 7.07. The average molecular weight is 293 g/mol. The highest BCUT2D eigenvalue weighted by Crippen LogP contribution is 2.19. The fourth-order valence-corrected chi connectivity index (χ4v) is 3.25. The molecule has 5 heteroatoms. The minimum absolute atomic E-state index is 0.0103. The maximum absolute atomic E-state index is 12.5. The van der Waals surface area contributed by atoms with Crippen LogP contribution in [0.25, 0.3) is 0 Å². The Morgan fingerprint density at radius 2 is 2.10 bits per heavy atom. The molecule has 1 unspecified atom stereocenters. The molecule has 0 radical (unpaired) electrons.